The Balaban J connectivity index is 1.79. The molecular formula is C19H20N2O2. The third-order valence-electron chi connectivity index (χ3n) is 4.76. The Bertz CT molecular complexity index is 773. The highest BCUT2D eigenvalue weighted by Crippen LogP contribution is 2.45. The number of para-hydroxylation sites is 1. The van der Waals surface area contributed by atoms with E-state index in [2.05, 4.69) is 24.4 Å². The Labute approximate surface area is 136 Å². The molecule has 2 bridgehead atoms. The molecule has 2 aliphatic heterocycles. The molecule has 2 atom stereocenters. The molecule has 118 valence electrons. The minimum absolute atomic E-state index is 0.00283. The van der Waals surface area contributed by atoms with Gasteiger partial charge < -0.3 is 10.1 Å². The van der Waals surface area contributed by atoms with Gasteiger partial charge in [-0.25, -0.2) is 4.79 Å². The summed E-state index contributed by atoms with van der Waals surface area (Å²) in [6.45, 7) is 4.10. The summed E-state index contributed by atoms with van der Waals surface area (Å²) in [5.74, 6) is 0.850. The van der Waals surface area contributed by atoms with Gasteiger partial charge in [0, 0.05) is 17.7 Å². The SMILES string of the molecule is CCc1cccc(N2C(=O)N[C@@H]3C[C@@]2(C)Oc2ccccc23)c1. The Morgan fingerprint density at radius 2 is 2.09 bits per heavy atom. The molecule has 0 saturated carbocycles. The van der Waals surface area contributed by atoms with Crippen molar-refractivity contribution < 1.29 is 9.53 Å². The molecule has 1 N–H and O–H groups in total. The van der Waals surface area contributed by atoms with Crippen LogP contribution in [0, 0.1) is 0 Å². The summed E-state index contributed by atoms with van der Waals surface area (Å²) in [5, 5.41) is 3.12. The van der Waals surface area contributed by atoms with E-state index < -0.39 is 5.72 Å². The van der Waals surface area contributed by atoms with Crippen LogP contribution in [-0.4, -0.2) is 11.8 Å². The Morgan fingerprint density at radius 3 is 2.91 bits per heavy atom. The molecule has 0 aromatic heterocycles. The summed E-state index contributed by atoms with van der Waals surface area (Å²) in [6, 6.07) is 15.9. The predicted octanol–water partition coefficient (Wildman–Crippen LogP) is 4.02. The monoisotopic (exact) mass is 308 g/mol. The first kappa shape index (κ1) is 14.1. The second-order valence-corrected chi connectivity index (χ2v) is 6.38. The molecule has 2 aliphatic rings. The Kier molecular flexibility index (Phi) is 3.08. The van der Waals surface area contributed by atoms with Gasteiger partial charge in [0.05, 0.1) is 6.04 Å². The summed E-state index contributed by atoms with van der Waals surface area (Å²) < 4.78 is 6.27. The van der Waals surface area contributed by atoms with E-state index in [1.165, 1.54) is 5.56 Å². The first-order valence-corrected chi connectivity index (χ1v) is 8.08. The number of aryl methyl sites for hydroxylation is 1. The first-order chi connectivity index (χ1) is 11.1. The van der Waals surface area contributed by atoms with Gasteiger partial charge >= 0.3 is 6.03 Å². The number of benzene rings is 2. The molecular weight excluding hydrogens is 288 g/mol. The number of carbonyl (C=O) groups is 1. The van der Waals surface area contributed by atoms with Crippen molar-refractivity contribution in [2.75, 3.05) is 4.90 Å². The fourth-order valence-corrected chi connectivity index (χ4v) is 3.63. The molecule has 4 nitrogen and oxygen atoms in total. The second-order valence-electron chi connectivity index (χ2n) is 6.38. The lowest BCUT2D eigenvalue weighted by Crippen LogP contribution is -2.65. The topological polar surface area (TPSA) is 41.6 Å². The lowest BCUT2D eigenvalue weighted by Gasteiger charge is -2.50. The van der Waals surface area contributed by atoms with Crippen LogP contribution in [-0.2, 0) is 6.42 Å². The second kappa shape index (κ2) is 5.01. The fraction of sp³-hybridized carbons (Fsp3) is 0.316. The van der Waals surface area contributed by atoms with Gasteiger partial charge in [0.1, 0.15) is 5.75 Å². The maximum absolute atomic E-state index is 12.8. The zero-order valence-corrected chi connectivity index (χ0v) is 13.4. The van der Waals surface area contributed by atoms with Gasteiger partial charge in [-0.15, -0.1) is 0 Å². The third-order valence-corrected chi connectivity index (χ3v) is 4.76. The third kappa shape index (κ3) is 2.17. The average molecular weight is 308 g/mol. The number of nitrogens with zero attached hydrogens (tertiary/aromatic N) is 1. The molecule has 2 aromatic rings. The van der Waals surface area contributed by atoms with Crippen LogP contribution < -0.4 is 15.0 Å². The van der Waals surface area contributed by atoms with Crippen LogP contribution in [0.3, 0.4) is 0 Å². The molecule has 1 saturated heterocycles. The number of hydrogen-bond acceptors (Lipinski definition) is 2. The van der Waals surface area contributed by atoms with E-state index in [4.69, 9.17) is 4.74 Å². The molecule has 2 amide bonds. The van der Waals surface area contributed by atoms with Crippen LogP contribution in [0.15, 0.2) is 48.5 Å². The van der Waals surface area contributed by atoms with Crippen molar-refractivity contribution in [3.8, 4) is 5.75 Å². The van der Waals surface area contributed by atoms with Crippen molar-refractivity contribution in [2.24, 2.45) is 0 Å². The van der Waals surface area contributed by atoms with E-state index in [0.717, 1.165) is 29.8 Å². The van der Waals surface area contributed by atoms with E-state index in [9.17, 15) is 4.79 Å². The fourth-order valence-electron chi connectivity index (χ4n) is 3.63. The maximum Gasteiger partial charge on any atom is 0.325 e. The number of nitrogens with one attached hydrogen (secondary N) is 1. The lowest BCUT2D eigenvalue weighted by atomic mass is 9.90. The number of anilines is 1. The molecule has 23 heavy (non-hydrogen) atoms. The molecule has 2 heterocycles. The Hall–Kier alpha value is -2.49. The van der Waals surface area contributed by atoms with E-state index in [1.807, 2.05) is 43.3 Å². The molecule has 0 unspecified atom stereocenters. The number of ether oxygens (including phenoxy) is 1. The summed E-state index contributed by atoms with van der Waals surface area (Å²) in [4.78, 5) is 14.5. The van der Waals surface area contributed by atoms with Crippen molar-refractivity contribution in [3.63, 3.8) is 0 Å². The van der Waals surface area contributed by atoms with Crippen molar-refractivity contribution in [1.29, 1.82) is 0 Å². The van der Waals surface area contributed by atoms with Gasteiger partial charge in [-0.05, 0) is 37.1 Å². The minimum atomic E-state index is -0.673. The van der Waals surface area contributed by atoms with E-state index >= 15 is 0 Å². The highest BCUT2D eigenvalue weighted by atomic mass is 16.5. The van der Waals surface area contributed by atoms with E-state index in [1.54, 1.807) is 4.90 Å². The number of urea groups is 1. The quantitative estimate of drug-likeness (QED) is 0.910. The van der Waals surface area contributed by atoms with Crippen LogP contribution in [0.2, 0.25) is 0 Å². The molecule has 0 aliphatic carbocycles. The van der Waals surface area contributed by atoms with E-state index in [-0.39, 0.29) is 12.1 Å². The summed E-state index contributed by atoms with van der Waals surface area (Å²) in [7, 11) is 0. The highest BCUT2D eigenvalue weighted by molar-refractivity contribution is 5.95. The normalized spacial score (nSPS) is 25.4. The van der Waals surface area contributed by atoms with Crippen molar-refractivity contribution >= 4 is 11.7 Å². The summed E-state index contributed by atoms with van der Waals surface area (Å²) >= 11 is 0. The molecule has 0 spiro atoms. The zero-order valence-electron chi connectivity index (χ0n) is 13.4. The van der Waals surface area contributed by atoms with Crippen LogP contribution in [0.5, 0.6) is 5.75 Å². The van der Waals surface area contributed by atoms with Gasteiger partial charge in [0.15, 0.2) is 5.72 Å². The average Bonchev–Trinajstić information content (AvgIpc) is 2.54. The van der Waals surface area contributed by atoms with Gasteiger partial charge in [0.2, 0.25) is 0 Å². The smallest absolute Gasteiger partial charge is 0.325 e. The number of rotatable bonds is 2. The van der Waals surface area contributed by atoms with Gasteiger partial charge in [0.25, 0.3) is 0 Å². The summed E-state index contributed by atoms with van der Waals surface area (Å²) in [5.41, 5.74) is 2.47. The zero-order chi connectivity index (χ0) is 16.0. The van der Waals surface area contributed by atoms with Crippen LogP contribution in [0.4, 0.5) is 10.5 Å². The van der Waals surface area contributed by atoms with Gasteiger partial charge in [-0.3, -0.25) is 4.90 Å². The summed E-state index contributed by atoms with van der Waals surface area (Å²) in [6.07, 6.45) is 1.67. The number of carbonyl (C=O) groups excluding carboxylic acids is 1. The highest BCUT2D eigenvalue weighted by Gasteiger charge is 2.49. The first-order valence-electron chi connectivity index (χ1n) is 8.08. The molecule has 1 fully saturated rings. The van der Waals surface area contributed by atoms with Crippen molar-refractivity contribution in [2.45, 2.75) is 38.5 Å². The standard InChI is InChI=1S/C19H20N2O2/c1-3-13-7-6-8-14(11-13)21-18(22)20-16-12-19(21,2)23-17-10-5-4-9-15(16)17/h4-11,16H,3,12H2,1-2H3,(H,20,22)/t16-,19-/m1/s1. The number of amides is 2. The largest absolute Gasteiger partial charge is 0.467 e. The molecule has 4 rings (SSSR count). The van der Waals surface area contributed by atoms with Gasteiger partial charge in [-0.1, -0.05) is 37.3 Å². The van der Waals surface area contributed by atoms with Crippen LogP contribution in [0.1, 0.15) is 37.4 Å². The van der Waals surface area contributed by atoms with Crippen LogP contribution in [0.25, 0.3) is 0 Å². The maximum atomic E-state index is 12.8. The van der Waals surface area contributed by atoms with Crippen molar-refractivity contribution in [3.05, 3.63) is 59.7 Å². The minimum Gasteiger partial charge on any atom is -0.467 e. The molecule has 0 radical (unpaired) electrons. The lowest BCUT2D eigenvalue weighted by molar-refractivity contribution is 0.0379. The van der Waals surface area contributed by atoms with Gasteiger partial charge in [-0.2, -0.15) is 0 Å². The number of fused-ring (bicyclic) bond motifs is 4. The predicted molar refractivity (Wildman–Crippen MR) is 89.7 cm³/mol. The molecule has 4 heteroatoms. The van der Waals surface area contributed by atoms with Crippen LogP contribution >= 0.6 is 0 Å². The van der Waals surface area contributed by atoms with Crippen molar-refractivity contribution in [1.82, 2.24) is 5.32 Å². The Morgan fingerprint density at radius 1 is 1.26 bits per heavy atom. The van der Waals surface area contributed by atoms with E-state index in [0.29, 0.717) is 0 Å². The molecule has 2 aromatic carbocycles. The number of hydrogen-bond donors (Lipinski definition) is 1.